The monoisotopic (exact) mass is 296 g/mol. The third kappa shape index (κ3) is 2.10. The van der Waals surface area contributed by atoms with E-state index in [0.717, 1.165) is 0 Å². The summed E-state index contributed by atoms with van der Waals surface area (Å²) >= 11 is 0. The Morgan fingerprint density at radius 1 is 1.43 bits per heavy atom. The molecule has 0 aromatic heterocycles. The molecule has 2 heterocycles. The van der Waals surface area contributed by atoms with Crippen molar-refractivity contribution in [2.45, 2.75) is 62.6 Å². The number of Topliss-reactive ketones (excluding diaryl/α,β-unsaturated/α-hetero) is 1. The van der Waals surface area contributed by atoms with E-state index in [-0.39, 0.29) is 31.0 Å². The summed E-state index contributed by atoms with van der Waals surface area (Å²) in [5.74, 6) is -0.806. The summed E-state index contributed by atoms with van der Waals surface area (Å²) in [5, 5.41) is 0. The van der Waals surface area contributed by atoms with Gasteiger partial charge in [0.15, 0.2) is 6.79 Å². The first-order valence-corrected chi connectivity index (χ1v) is 7.52. The van der Waals surface area contributed by atoms with Crippen molar-refractivity contribution < 1.29 is 23.7 Å². The highest BCUT2D eigenvalue weighted by molar-refractivity contribution is 5.83. The van der Waals surface area contributed by atoms with Gasteiger partial charge in [0.05, 0.1) is 18.1 Å². The molecule has 21 heavy (non-hydrogen) atoms. The van der Waals surface area contributed by atoms with Crippen LogP contribution in [0.3, 0.4) is 0 Å². The SMILES string of the molecule is C=CC[C@@H]1C[C@@]23C[C@H](C(C)(C)OC)O[C@]2(CC1=O)OCO3. The lowest BCUT2D eigenvalue weighted by Crippen LogP contribution is -2.55. The smallest absolute Gasteiger partial charge is 0.207 e. The zero-order chi connectivity index (χ0) is 15.3. The fraction of sp³-hybridized carbons (Fsp3) is 0.812. The second kappa shape index (κ2) is 4.88. The molecule has 3 fully saturated rings. The summed E-state index contributed by atoms with van der Waals surface area (Å²) in [5.41, 5.74) is -0.979. The van der Waals surface area contributed by atoms with Crippen molar-refractivity contribution in [3.8, 4) is 0 Å². The lowest BCUT2D eigenvalue weighted by molar-refractivity contribution is -0.250. The minimum atomic E-state index is -0.928. The summed E-state index contributed by atoms with van der Waals surface area (Å²) in [6, 6.07) is 0. The van der Waals surface area contributed by atoms with E-state index in [1.807, 2.05) is 13.8 Å². The van der Waals surface area contributed by atoms with Crippen molar-refractivity contribution in [3.63, 3.8) is 0 Å². The molecule has 0 bridgehead atoms. The maximum atomic E-state index is 12.4. The van der Waals surface area contributed by atoms with E-state index < -0.39 is 17.0 Å². The molecular weight excluding hydrogens is 272 g/mol. The number of hydrogen-bond acceptors (Lipinski definition) is 5. The third-order valence-corrected chi connectivity index (χ3v) is 5.36. The van der Waals surface area contributed by atoms with Gasteiger partial charge in [0.2, 0.25) is 5.79 Å². The Balaban J connectivity index is 1.91. The molecule has 118 valence electrons. The second-order valence-electron chi connectivity index (χ2n) is 6.84. The number of methoxy groups -OCH3 is 1. The predicted molar refractivity (Wildman–Crippen MR) is 75.6 cm³/mol. The fourth-order valence-corrected chi connectivity index (χ4v) is 3.78. The van der Waals surface area contributed by atoms with Gasteiger partial charge in [-0.05, 0) is 26.7 Å². The van der Waals surface area contributed by atoms with Crippen LogP contribution in [0.25, 0.3) is 0 Å². The van der Waals surface area contributed by atoms with Crippen LogP contribution in [0.1, 0.15) is 39.5 Å². The van der Waals surface area contributed by atoms with Gasteiger partial charge >= 0.3 is 0 Å². The number of carbonyl (C=O) groups excluding carboxylic acids is 1. The van der Waals surface area contributed by atoms with E-state index in [4.69, 9.17) is 18.9 Å². The van der Waals surface area contributed by atoms with Crippen LogP contribution in [0.4, 0.5) is 0 Å². The highest BCUT2D eigenvalue weighted by Crippen LogP contribution is 2.57. The van der Waals surface area contributed by atoms with Crippen molar-refractivity contribution in [1.29, 1.82) is 0 Å². The lowest BCUT2D eigenvalue weighted by Gasteiger charge is -2.41. The Kier molecular flexibility index (Phi) is 3.52. The van der Waals surface area contributed by atoms with Gasteiger partial charge in [0.25, 0.3) is 0 Å². The molecule has 1 saturated carbocycles. The normalized spacial score (nSPS) is 42.7. The molecule has 5 heteroatoms. The largest absolute Gasteiger partial charge is 0.376 e. The average molecular weight is 296 g/mol. The molecule has 0 unspecified atom stereocenters. The number of rotatable bonds is 4. The van der Waals surface area contributed by atoms with Gasteiger partial charge in [-0.15, -0.1) is 6.58 Å². The number of allylic oxidation sites excluding steroid dienone is 1. The Hall–Kier alpha value is -0.750. The van der Waals surface area contributed by atoms with E-state index in [1.165, 1.54) is 0 Å². The van der Waals surface area contributed by atoms with Crippen molar-refractivity contribution in [2.24, 2.45) is 5.92 Å². The topological polar surface area (TPSA) is 54.0 Å². The highest BCUT2D eigenvalue weighted by atomic mass is 16.8. The average Bonchev–Trinajstić information content (AvgIpc) is 2.91. The summed E-state index contributed by atoms with van der Waals surface area (Å²) in [6.45, 7) is 7.91. The molecule has 0 aromatic carbocycles. The van der Waals surface area contributed by atoms with Crippen LogP contribution in [0, 0.1) is 5.92 Å². The van der Waals surface area contributed by atoms with Crippen LogP contribution in [-0.2, 0) is 23.7 Å². The maximum absolute atomic E-state index is 12.4. The zero-order valence-electron chi connectivity index (χ0n) is 13.0. The Labute approximate surface area is 125 Å². The highest BCUT2D eigenvalue weighted by Gasteiger charge is 2.70. The number of ketones is 1. The molecule has 5 nitrogen and oxygen atoms in total. The molecule has 2 saturated heterocycles. The van der Waals surface area contributed by atoms with E-state index in [1.54, 1.807) is 13.2 Å². The first-order valence-electron chi connectivity index (χ1n) is 7.52. The number of carbonyl (C=O) groups is 1. The Morgan fingerprint density at radius 2 is 2.19 bits per heavy atom. The first kappa shape index (κ1) is 15.2. The molecule has 0 radical (unpaired) electrons. The minimum Gasteiger partial charge on any atom is -0.376 e. The standard InChI is InChI=1S/C16H24O5/c1-5-6-11-7-15-9-13(14(2,3)18-4)21-16(15,8-12(11)17)20-10-19-15/h5,11,13H,1,6-10H2,2-4H3/t11-,13-,15-,16+/m1/s1. The summed E-state index contributed by atoms with van der Waals surface area (Å²) in [7, 11) is 1.67. The van der Waals surface area contributed by atoms with E-state index >= 15 is 0 Å². The maximum Gasteiger partial charge on any atom is 0.207 e. The zero-order valence-corrected chi connectivity index (χ0v) is 13.0. The van der Waals surface area contributed by atoms with Gasteiger partial charge in [-0.1, -0.05) is 6.08 Å². The van der Waals surface area contributed by atoms with Gasteiger partial charge in [-0.25, -0.2) is 0 Å². The van der Waals surface area contributed by atoms with Crippen molar-refractivity contribution in [3.05, 3.63) is 12.7 Å². The van der Waals surface area contributed by atoms with Crippen LogP contribution in [0.2, 0.25) is 0 Å². The predicted octanol–water partition coefficient (Wildman–Crippen LogP) is 2.19. The molecule has 4 atom stereocenters. The van der Waals surface area contributed by atoms with E-state index in [0.29, 0.717) is 19.3 Å². The molecule has 3 rings (SSSR count). The Morgan fingerprint density at radius 3 is 2.86 bits per heavy atom. The lowest BCUT2D eigenvalue weighted by atomic mass is 9.70. The molecular formula is C16H24O5. The fourth-order valence-electron chi connectivity index (χ4n) is 3.78. The minimum absolute atomic E-state index is 0.0506. The quantitative estimate of drug-likeness (QED) is 0.744. The summed E-state index contributed by atoms with van der Waals surface area (Å²) in [6.07, 6.45) is 3.90. The molecule has 0 N–H and O–H groups in total. The van der Waals surface area contributed by atoms with Gasteiger partial charge < -0.3 is 18.9 Å². The summed E-state index contributed by atoms with van der Waals surface area (Å²) in [4.78, 5) is 12.4. The number of hydrogen-bond donors (Lipinski definition) is 0. The molecule has 0 spiro atoms. The van der Waals surface area contributed by atoms with Gasteiger partial charge in [0.1, 0.15) is 11.4 Å². The van der Waals surface area contributed by atoms with Crippen LogP contribution in [-0.4, -0.2) is 42.8 Å². The first-order chi connectivity index (χ1) is 9.88. The van der Waals surface area contributed by atoms with E-state index in [2.05, 4.69) is 6.58 Å². The van der Waals surface area contributed by atoms with Crippen molar-refractivity contribution in [2.75, 3.05) is 13.9 Å². The summed E-state index contributed by atoms with van der Waals surface area (Å²) < 4.78 is 23.5. The van der Waals surface area contributed by atoms with E-state index in [9.17, 15) is 4.79 Å². The van der Waals surface area contributed by atoms with Crippen LogP contribution < -0.4 is 0 Å². The molecule has 1 aliphatic carbocycles. The van der Waals surface area contributed by atoms with Crippen LogP contribution in [0.5, 0.6) is 0 Å². The number of ether oxygens (including phenoxy) is 4. The molecule has 2 aliphatic heterocycles. The van der Waals surface area contributed by atoms with Gasteiger partial charge in [-0.3, -0.25) is 4.79 Å². The molecule has 0 amide bonds. The van der Waals surface area contributed by atoms with Crippen molar-refractivity contribution in [1.82, 2.24) is 0 Å². The Bertz CT molecular complexity index is 460. The second-order valence-corrected chi connectivity index (χ2v) is 6.84. The molecule has 3 aliphatic rings. The molecule has 0 aromatic rings. The van der Waals surface area contributed by atoms with Gasteiger partial charge in [0, 0.05) is 19.4 Å². The third-order valence-electron chi connectivity index (χ3n) is 5.36. The van der Waals surface area contributed by atoms with Gasteiger partial charge in [-0.2, -0.15) is 0 Å². The van der Waals surface area contributed by atoms with Crippen LogP contribution >= 0.6 is 0 Å². The van der Waals surface area contributed by atoms with Crippen LogP contribution in [0.15, 0.2) is 12.7 Å². The van der Waals surface area contributed by atoms with Crippen molar-refractivity contribution >= 4 is 5.78 Å².